The van der Waals surface area contributed by atoms with Crippen molar-refractivity contribution in [2.45, 2.75) is 26.7 Å². The smallest absolute Gasteiger partial charge is 0.233 e. The summed E-state index contributed by atoms with van der Waals surface area (Å²) >= 11 is 0. The molecular weight excluding hydrogens is 342 g/mol. The monoisotopic (exact) mass is 369 g/mol. The molecule has 2 heterocycles. The SMILES string of the molecule is COCC1(C(=O)Nc2ccc(Oc3cccc(C)c3C)nc2)CCNCC1. The molecule has 0 spiro atoms. The van der Waals surface area contributed by atoms with Crippen LogP contribution in [-0.4, -0.2) is 37.7 Å². The zero-order valence-corrected chi connectivity index (χ0v) is 16.2. The number of benzene rings is 1. The Hall–Kier alpha value is -2.44. The molecule has 0 atom stereocenters. The van der Waals surface area contributed by atoms with Crippen LogP contribution in [-0.2, 0) is 9.53 Å². The van der Waals surface area contributed by atoms with E-state index in [2.05, 4.69) is 15.6 Å². The number of nitrogens with one attached hydrogen (secondary N) is 2. The quantitative estimate of drug-likeness (QED) is 0.816. The Bertz CT molecular complexity index is 778. The molecule has 0 saturated carbocycles. The van der Waals surface area contributed by atoms with Crippen LogP contribution in [0, 0.1) is 19.3 Å². The number of aryl methyl sites for hydroxylation is 1. The molecule has 2 aromatic rings. The van der Waals surface area contributed by atoms with Gasteiger partial charge in [-0.3, -0.25) is 4.79 Å². The van der Waals surface area contributed by atoms with E-state index in [1.807, 2.05) is 38.1 Å². The zero-order chi connectivity index (χ0) is 19.3. The number of amides is 1. The molecule has 1 aliphatic rings. The summed E-state index contributed by atoms with van der Waals surface area (Å²) in [5.41, 5.74) is 2.42. The summed E-state index contributed by atoms with van der Waals surface area (Å²) in [6.07, 6.45) is 3.14. The largest absolute Gasteiger partial charge is 0.439 e. The number of hydrogen-bond acceptors (Lipinski definition) is 5. The summed E-state index contributed by atoms with van der Waals surface area (Å²) in [6.45, 7) is 6.12. The summed E-state index contributed by atoms with van der Waals surface area (Å²) in [6, 6.07) is 9.51. The molecule has 1 saturated heterocycles. The van der Waals surface area contributed by atoms with E-state index in [9.17, 15) is 4.79 Å². The van der Waals surface area contributed by atoms with Gasteiger partial charge in [0.2, 0.25) is 11.8 Å². The molecule has 6 heteroatoms. The van der Waals surface area contributed by atoms with Gasteiger partial charge in [-0.05, 0) is 63.0 Å². The fraction of sp³-hybridized carbons (Fsp3) is 0.429. The molecule has 1 aromatic heterocycles. The highest BCUT2D eigenvalue weighted by Crippen LogP contribution is 2.31. The number of aromatic nitrogens is 1. The van der Waals surface area contributed by atoms with Crippen LogP contribution >= 0.6 is 0 Å². The lowest BCUT2D eigenvalue weighted by molar-refractivity contribution is -0.130. The molecule has 2 N–H and O–H groups in total. The van der Waals surface area contributed by atoms with E-state index < -0.39 is 5.41 Å². The summed E-state index contributed by atoms with van der Waals surface area (Å²) in [7, 11) is 1.64. The topological polar surface area (TPSA) is 72.5 Å². The van der Waals surface area contributed by atoms with Gasteiger partial charge in [-0.2, -0.15) is 0 Å². The van der Waals surface area contributed by atoms with Crippen molar-refractivity contribution in [1.82, 2.24) is 10.3 Å². The van der Waals surface area contributed by atoms with Crippen molar-refractivity contribution in [2.75, 3.05) is 32.1 Å². The lowest BCUT2D eigenvalue weighted by Gasteiger charge is -2.35. The lowest BCUT2D eigenvalue weighted by atomic mass is 9.78. The molecule has 0 radical (unpaired) electrons. The van der Waals surface area contributed by atoms with Crippen LogP contribution in [0.1, 0.15) is 24.0 Å². The fourth-order valence-electron chi connectivity index (χ4n) is 3.34. The molecule has 0 bridgehead atoms. The predicted molar refractivity (Wildman–Crippen MR) is 105 cm³/mol. The molecule has 6 nitrogen and oxygen atoms in total. The van der Waals surface area contributed by atoms with Gasteiger partial charge in [0, 0.05) is 13.2 Å². The Balaban J connectivity index is 1.68. The van der Waals surface area contributed by atoms with Gasteiger partial charge >= 0.3 is 0 Å². The highest BCUT2D eigenvalue weighted by molar-refractivity contribution is 5.95. The molecular formula is C21H27N3O3. The summed E-state index contributed by atoms with van der Waals surface area (Å²) in [5, 5.41) is 6.28. The van der Waals surface area contributed by atoms with Crippen molar-refractivity contribution in [3.8, 4) is 11.6 Å². The number of pyridine rings is 1. The maximum Gasteiger partial charge on any atom is 0.233 e. The number of nitrogens with zero attached hydrogens (tertiary/aromatic N) is 1. The van der Waals surface area contributed by atoms with Crippen molar-refractivity contribution in [3.63, 3.8) is 0 Å². The minimum Gasteiger partial charge on any atom is -0.439 e. The highest BCUT2D eigenvalue weighted by Gasteiger charge is 2.39. The zero-order valence-electron chi connectivity index (χ0n) is 16.2. The molecule has 144 valence electrons. The average molecular weight is 369 g/mol. The van der Waals surface area contributed by atoms with E-state index >= 15 is 0 Å². The molecule has 27 heavy (non-hydrogen) atoms. The maximum absolute atomic E-state index is 12.9. The first-order chi connectivity index (χ1) is 13.0. The van der Waals surface area contributed by atoms with E-state index in [-0.39, 0.29) is 5.91 Å². The van der Waals surface area contributed by atoms with Crippen LogP contribution in [0.4, 0.5) is 5.69 Å². The van der Waals surface area contributed by atoms with E-state index in [1.165, 1.54) is 5.56 Å². The van der Waals surface area contributed by atoms with Gasteiger partial charge in [0.25, 0.3) is 0 Å². The second kappa shape index (κ2) is 8.50. The third-order valence-corrected chi connectivity index (χ3v) is 5.23. The first kappa shape index (κ1) is 19.3. The number of anilines is 1. The standard InChI is InChI=1S/C21H27N3O3/c1-15-5-4-6-18(16(15)2)27-19-8-7-17(13-23-19)24-20(25)21(14-26-3)9-11-22-12-10-21/h4-8,13,22H,9-12,14H2,1-3H3,(H,24,25). The van der Waals surface area contributed by atoms with Crippen LogP contribution in [0.15, 0.2) is 36.5 Å². The van der Waals surface area contributed by atoms with E-state index in [4.69, 9.17) is 9.47 Å². The molecule has 1 fully saturated rings. The lowest BCUT2D eigenvalue weighted by Crippen LogP contribution is -2.47. The minimum atomic E-state index is -0.492. The molecule has 1 amide bonds. The maximum atomic E-state index is 12.9. The number of hydrogen-bond donors (Lipinski definition) is 2. The Kier molecular flexibility index (Phi) is 6.08. The van der Waals surface area contributed by atoms with Crippen LogP contribution in [0.25, 0.3) is 0 Å². The number of methoxy groups -OCH3 is 1. The first-order valence-corrected chi connectivity index (χ1v) is 9.25. The molecule has 0 unspecified atom stereocenters. The predicted octanol–water partition coefficient (Wildman–Crippen LogP) is 3.45. The normalized spacial score (nSPS) is 16.0. The van der Waals surface area contributed by atoms with Gasteiger partial charge in [-0.25, -0.2) is 4.98 Å². The van der Waals surface area contributed by atoms with Gasteiger partial charge < -0.3 is 20.1 Å². The summed E-state index contributed by atoms with van der Waals surface area (Å²) in [5.74, 6) is 1.26. The first-order valence-electron chi connectivity index (χ1n) is 9.25. The van der Waals surface area contributed by atoms with Gasteiger partial charge in [-0.15, -0.1) is 0 Å². The van der Waals surface area contributed by atoms with Crippen LogP contribution in [0.3, 0.4) is 0 Å². The van der Waals surface area contributed by atoms with Crippen molar-refractivity contribution in [1.29, 1.82) is 0 Å². The number of carbonyl (C=O) groups is 1. The van der Waals surface area contributed by atoms with Gasteiger partial charge in [0.1, 0.15) is 5.75 Å². The van der Waals surface area contributed by atoms with E-state index in [0.29, 0.717) is 18.2 Å². The molecule has 1 aliphatic heterocycles. The molecule has 1 aromatic carbocycles. The Morgan fingerprint density at radius 3 is 2.67 bits per heavy atom. The van der Waals surface area contributed by atoms with E-state index in [0.717, 1.165) is 37.2 Å². The number of piperidine rings is 1. The summed E-state index contributed by atoms with van der Waals surface area (Å²) < 4.78 is 11.2. The van der Waals surface area contributed by atoms with Crippen molar-refractivity contribution in [3.05, 3.63) is 47.7 Å². The second-order valence-electron chi connectivity index (χ2n) is 7.10. The van der Waals surface area contributed by atoms with Crippen LogP contribution < -0.4 is 15.4 Å². The highest BCUT2D eigenvalue weighted by atomic mass is 16.5. The third-order valence-electron chi connectivity index (χ3n) is 5.23. The average Bonchev–Trinajstić information content (AvgIpc) is 2.68. The van der Waals surface area contributed by atoms with E-state index in [1.54, 1.807) is 19.4 Å². The Morgan fingerprint density at radius 2 is 2.00 bits per heavy atom. The van der Waals surface area contributed by atoms with Gasteiger partial charge in [0.05, 0.1) is 23.9 Å². The second-order valence-corrected chi connectivity index (χ2v) is 7.10. The fourth-order valence-corrected chi connectivity index (χ4v) is 3.34. The minimum absolute atomic E-state index is 0.0177. The number of rotatable bonds is 6. The van der Waals surface area contributed by atoms with Gasteiger partial charge in [0.15, 0.2) is 0 Å². The molecule has 3 rings (SSSR count). The third kappa shape index (κ3) is 4.46. The summed E-state index contributed by atoms with van der Waals surface area (Å²) in [4.78, 5) is 17.2. The Labute approximate surface area is 160 Å². The van der Waals surface area contributed by atoms with Crippen molar-refractivity contribution in [2.24, 2.45) is 5.41 Å². The van der Waals surface area contributed by atoms with Crippen LogP contribution in [0.2, 0.25) is 0 Å². The number of carbonyl (C=O) groups excluding carboxylic acids is 1. The van der Waals surface area contributed by atoms with Gasteiger partial charge in [-0.1, -0.05) is 12.1 Å². The number of ether oxygens (including phenoxy) is 2. The van der Waals surface area contributed by atoms with Crippen LogP contribution in [0.5, 0.6) is 11.6 Å². The molecule has 0 aliphatic carbocycles. The Morgan fingerprint density at radius 1 is 1.22 bits per heavy atom. The van der Waals surface area contributed by atoms with Crippen molar-refractivity contribution < 1.29 is 14.3 Å². The van der Waals surface area contributed by atoms with Crippen molar-refractivity contribution >= 4 is 11.6 Å².